The zero-order valence-corrected chi connectivity index (χ0v) is 16.1. The van der Waals surface area contributed by atoms with Crippen molar-refractivity contribution < 1.29 is 15.0 Å². The van der Waals surface area contributed by atoms with E-state index in [0.717, 1.165) is 49.8 Å². The molecule has 1 aliphatic heterocycles. The average molecular weight is 411 g/mol. The Bertz CT molecular complexity index is 579. The highest BCUT2D eigenvalue weighted by Crippen LogP contribution is 2.40. The largest absolute Gasteiger partial charge is 0.465 e. The molecule has 2 N–H and O–H groups in total. The Morgan fingerprint density at radius 2 is 1.68 bits per heavy atom. The SMILES string of the molecule is O=C(O)N1CCN(CC(c2ccc(Br)cc2)C2(O)CCCCC2)CC1. The fraction of sp³-hybridized carbons (Fsp3) is 0.632. The smallest absolute Gasteiger partial charge is 0.407 e. The molecule has 1 aromatic rings. The minimum atomic E-state index is -0.838. The van der Waals surface area contributed by atoms with Crippen molar-refractivity contribution in [2.45, 2.75) is 43.6 Å². The van der Waals surface area contributed by atoms with Crippen LogP contribution in [-0.2, 0) is 0 Å². The third kappa shape index (κ3) is 4.54. The van der Waals surface area contributed by atoms with Crippen molar-refractivity contribution in [1.29, 1.82) is 0 Å². The molecule has 0 radical (unpaired) electrons. The number of hydrogen-bond acceptors (Lipinski definition) is 3. The number of carbonyl (C=O) groups is 1. The number of rotatable bonds is 4. The number of aliphatic hydroxyl groups is 1. The average Bonchev–Trinajstić information content (AvgIpc) is 2.61. The highest BCUT2D eigenvalue weighted by Gasteiger charge is 2.40. The maximum absolute atomic E-state index is 11.4. The van der Waals surface area contributed by atoms with Gasteiger partial charge in [0.1, 0.15) is 0 Å². The molecule has 0 bridgehead atoms. The Balaban J connectivity index is 1.75. The van der Waals surface area contributed by atoms with Crippen LogP contribution in [0.15, 0.2) is 28.7 Å². The van der Waals surface area contributed by atoms with Gasteiger partial charge >= 0.3 is 6.09 Å². The molecule has 1 atom stereocenters. The van der Waals surface area contributed by atoms with Crippen molar-refractivity contribution in [2.75, 3.05) is 32.7 Å². The molecule has 2 aliphatic rings. The molecule has 138 valence electrons. The van der Waals surface area contributed by atoms with Gasteiger partial charge in [-0.1, -0.05) is 47.3 Å². The molecule has 1 heterocycles. The standard InChI is InChI=1S/C19H27BrN2O3/c20-16-6-4-15(5-7-16)17(19(25)8-2-1-3-9-19)14-21-10-12-22(13-11-21)18(23)24/h4-7,17,25H,1-3,8-14H2,(H,23,24). The van der Waals surface area contributed by atoms with E-state index in [9.17, 15) is 9.90 Å². The second-order valence-electron chi connectivity index (χ2n) is 7.34. The second kappa shape index (κ2) is 8.06. The van der Waals surface area contributed by atoms with Crippen LogP contribution in [0.1, 0.15) is 43.6 Å². The summed E-state index contributed by atoms with van der Waals surface area (Å²) in [5.74, 6) is 0.0669. The Hall–Kier alpha value is -1.11. The van der Waals surface area contributed by atoms with Crippen molar-refractivity contribution in [3.05, 3.63) is 34.3 Å². The predicted octanol–water partition coefficient (Wildman–Crippen LogP) is 3.52. The van der Waals surface area contributed by atoms with Gasteiger partial charge in [-0.25, -0.2) is 4.79 Å². The van der Waals surface area contributed by atoms with Gasteiger partial charge in [-0.3, -0.25) is 4.90 Å². The lowest BCUT2D eigenvalue weighted by atomic mass is 9.72. The summed E-state index contributed by atoms with van der Waals surface area (Å²) in [6, 6.07) is 8.29. The zero-order valence-electron chi connectivity index (χ0n) is 14.5. The molecule has 2 fully saturated rings. The molecule has 1 aromatic carbocycles. The maximum Gasteiger partial charge on any atom is 0.407 e. The van der Waals surface area contributed by atoms with Crippen LogP contribution >= 0.6 is 15.9 Å². The van der Waals surface area contributed by atoms with E-state index in [2.05, 4.69) is 33.0 Å². The van der Waals surface area contributed by atoms with Gasteiger partial charge in [0, 0.05) is 43.1 Å². The van der Waals surface area contributed by atoms with Crippen molar-refractivity contribution in [1.82, 2.24) is 9.80 Å². The number of carboxylic acid groups (broad SMARTS) is 1. The summed E-state index contributed by atoms with van der Waals surface area (Å²) in [6.07, 6.45) is 4.22. The van der Waals surface area contributed by atoms with Crippen molar-refractivity contribution >= 4 is 22.0 Å². The number of benzene rings is 1. The normalized spacial score (nSPS) is 22.6. The van der Waals surface area contributed by atoms with E-state index in [4.69, 9.17) is 5.11 Å². The quantitative estimate of drug-likeness (QED) is 0.796. The van der Waals surface area contributed by atoms with Crippen LogP contribution < -0.4 is 0 Å². The minimum absolute atomic E-state index is 0.0669. The van der Waals surface area contributed by atoms with Gasteiger partial charge in [-0.2, -0.15) is 0 Å². The van der Waals surface area contributed by atoms with E-state index in [1.165, 1.54) is 16.9 Å². The van der Waals surface area contributed by atoms with Crippen LogP contribution in [0.5, 0.6) is 0 Å². The van der Waals surface area contributed by atoms with Crippen LogP contribution in [-0.4, -0.2) is 64.4 Å². The third-order valence-electron chi connectivity index (χ3n) is 5.72. The highest BCUT2D eigenvalue weighted by atomic mass is 79.9. The first-order valence-electron chi connectivity index (χ1n) is 9.16. The fourth-order valence-corrected chi connectivity index (χ4v) is 4.44. The van der Waals surface area contributed by atoms with Crippen LogP contribution in [0, 0.1) is 0 Å². The second-order valence-corrected chi connectivity index (χ2v) is 8.25. The summed E-state index contributed by atoms with van der Waals surface area (Å²) in [5, 5.41) is 20.5. The van der Waals surface area contributed by atoms with E-state index in [1.807, 2.05) is 12.1 Å². The monoisotopic (exact) mass is 410 g/mol. The lowest BCUT2D eigenvalue weighted by molar-refractivity contribution is -0.0338. The Labute approximate surface area is 157 Å². The summed E-state index contributed by atoms with van der Waals surface area (Å²) in [4.78, 5) is 14.9. The maximum atomic E-state index is 11.4. The minimum Gasteiger partial charge on any atom is -0.465 e. The molecule has 1 unspecified atom stereocenters. The molecule has 0 spiro atoms. The van der Waals surface area contributed by atoms with Crippen LogP contribution in [0.3, 0.4) is 0 Å². The molecular formula is C19H27BrN2O3. The summed E-state index contributed by atoms with van der Waals surface area (Å²) < 4.78 is 1.04. The van der Waals surface area contributed by atoms with E-state index in [-0.39, 0.29) is 5.92 Å². The number of nitrogens with zero attached hydrogens (tertiary/aromatic N) is 2. The molecule has 5 nitrogen and oxygen atoms in total. The van der Waals surface area contributed by atoms with Gasteiger partial charge in [0.15, 0.2) is 0 Å². The fourth-order valence-electron chi connectivity index (χ4n) is 4.17. The first kappa shape index (κ1) is 18.7. The molecule has 0 aromatic heterocycles. The van der Waals surface area contributed by atoms with Crippen LogP contribution in [0.2, 0.25) is 0 Å². The highest BCUT2D eigenvalue weighted by molar-refractivity contribution is 9.10. The molecule has 1 saturated carbocycles. The lowest BCUT2D eigenvalue weighted by Gasteiger charge is -2.43. The van der Waals surface area contributed by atoms with Crippen LogP contribution in [0.4, 0.5) is 4.79 Å². The summed E-state index contributed by atoms with van der Waals surface area (Å²) in [6.45, 7) is 3.33. The topological polar surface area (TPSA) is 64.0 Å². The van der Waals surface area contributed by atoms with Gasteiger partial charge in [-0.05, 0) is 30.5 Å². The van der Waals surface area contributed by atoms with Crippen molar-refractivity contribution in [3.8, 4) is 0 Å². The first-order chi connectivity index (χ1) is 12.0. The van der Waals surface area contributed by atoms with Gasteiger partial charge in [-0.15, -0.1) is 0 Å². The van der Waals surface area contributed by atoms with E-state index in [1.54, 1.807) is 0 Å². The molecule has 1 aliphatic carbocycles. The molecule has 6 heteroatoms. The first-order valence-corrected chi connectivity index (χ1v) is 9.95. The third-order valence-corrected chi connectivity index (χ3v) is 6.25. The van der Waals surface area contributed by atoms with Gasteiger partial charge in [0.25, 0.3) is 0 Å². The van der Waals surface area contributed by atoms with Crippen LogP contribution in [0.25, 0.3) is 0 Å². The summed E-state index contributed by atoms with van der Waals surface area (Å²) in [7, 11) is 0. The van der Waals surface area contributed by atoms with E-state index in [0.29, 0.717) is 13.1 Å². The molecule has 1 saturated heterocycles. The molecule has 1 amide bonds. The number of piperazine rings is 1. The predicted molar refractivity (Wildman–Crippen MR) is 101 cm³/mol. The Morgan fingerprint density at radius 1 is 1.08 bits per heavy atom. The zero-order chi connectivity index (χ0) is 17.9. The molecular weight excluding hydrogens is 384 g/mol. The van der Waals surface area contributed by atoms with E-state index < -0.39 is 11.7 Å². The van der Waals surface area contributed by atoms with Gasteiger partial charge in [0.05, 0.1) is 5.60 Å². The Kier molecular flexibility index (Phi) is 6.02. The molecule has 3 rings (SSSR count). The van der Waals surface area contributed by atoms with Crippen molar-refractivity contribution in [3.63, 3.8) is 0 Å². The number of hydrogen-bond donors (Lipinski definition) is 2. The lowest BCUT2D eigenvalue weighted by Crippen LogP contribution is -2.51. The van der Waals surface area contributed by atoms with Crippen molar-refractivity contribution in [2.24, 2.45) is 0 Å². The van der Waals surface area contributed by atoms with Gasteiger partial charge < -0.3 is 15.1 Å². The Morgan fingerprint density at radius 3 is 2.24 bits per heavy atom. The van der Waals surface area contributed by atoms with E-state index >= 15 is 0 Å². The molecule has 25 heavy (non-hydrogen) atoms. The summed E-state index contributed by atoms with van der Waals surface area (Å²) >= 11 is 3.49. The van der Waals surface area contributed by atoms with Gasteiger partial charge in [0.2, 0.25) is 0 Å². The number of halogens is 1. The summed E-state index contributed by atoms with van der Waals surface area (Å²) in [5.41, 5.74) is 0.518. The number of amides is 1.